The first-order valence-electron chi connectivity index (χ1n) is 12.3. The van der Waals surface area contributed by atoms with E-state index >= 15 is 0 Å². The van der Waals surface area contributed by atoms with Crippen LogP contribution in [0.25, 0.3) is 69.7 Å². The molecule has 0 saturated heterocycles. The second-order valence-corrected chi connectivity index (χ2v) is 16.0. The maximum Gasteiger partial charge on any atom is 0.116 e. The summed E-state index contributed by atoms with van der Waals surface area (Å²) in [5, 5.41) is 10.2. The van der Waals surface area contributed by atoms with Gasteiger partial charge in [0.2, 0.25) is 0 Å². The van der Waals surface area contributed by atoms with Crippen molar-refractivity contribution in [3.05, 3.63) is 78.9 Å². The van der Waals surface area contributed by atoms with E-state index in [0.29, 0.717) is 0 Å². The number of benzene rings is 4. The number of nitrogens with zero attached hydrogens (tertiary/aromatic N) is 2. The molecule has 4 heteroatoms. The average molecular weight is 483 g/mol. The summed E-state index contributed by atoms with van der Waals surface area (Å²) in [6, 6.07) is 29.9. The molecule has 5 heterocycles. The zero-order chi connectivity index (χ0) is 23.2. The van der Waals surface area contributed by atoms with Crippen LogP contribution in [0.15, 0.2) is 78.9 Å². The molecule has 166 valence electrons. The minimum Gasteiger partial charge on any atom is -0.344 e. The smallest absolute Gasteiger partial charge is 0.116 e. The fourth-order valence-electron chi connectivity index (χ4n) is 7.21. The van der Waals surface area contributed by atoms with Gasteiger partial charge in [0.05, 0.1) is 26.9 Å². The molecule has 0 fully saturated rings. The Morgan fingerprint density at radius 1 is 0.686 bits per heavy atom. The molecular weight excluding hydrogens is 461 g/mol. The molecule has 0 unspecified atom stereocenters. The van der Waals surface area contributed by atoms with Crippen LogP contribution >= 0.6 is 11.3 Å². The topological polar surface area (TPSA) is 9.34 Å². The molecule has 0 radical (unpaired) electrons. The molecule has 9 rings (SSSR count). The molecule has 35 heavy (non-hydrogen) atoms. The lowest BCUT2D eigenvalue weighted by molar-refractivity contribution is 1.01. The van der Waals surface area contributed by atoms with E-state index in [-0.39, 0.29) is 0 Å². The zero-order valence-corrected chi connectivity index (χ0v) is 21.6. The van der Waals surface area contributed by atoms with E-state index in [0.717, 1.165) is 0 Å². The van der Waals surface area contributed by atoms with Crippen LogP contribution in [0.1, 0.15) is 0 Å². The molecule has 0 bridgehead atoms. The molecule has 2 nitrogen and oxygen atoms in total. The lowest BCUT2D eigenvalue weighted by Gasteiger charge is -2.19. The van der Waals surface area contributed by atoms with E-state index in [4.69, 9.17) is 0 Å². The molecule has 0 atom stereocenters. The van der Waals surface area contributed by atoms with Gasteiger partial charge in [0, 0.05) is 38.8 Å². The van der Waals surface area contributed by atoms with Crippen molar-refractivity contribution < 1.29 is 0 Å². The molecular formula is C31H22N2SSi. The number of thiophene rings is 1. The number of rotatable bonds is 0. The molecule has 0 saturated carbocycles. The second-order valence-electron chi connectivity index (χ2n) is 10.6. The minimum atomic E-state index is -1.95. The van der Waals surface area contributed by atoms with Crippen molar-refractivity contribution in [3.63, 3.8) is 0 Å². The number of hydrogen-bond donors (Lipinski definition) is 0. The Morgan fingerprint density at radius 3 is 2.37 bits per heavy atom. The summed E-state index contributed by atoms with van der Waals surface area (Å²) in [7, 11) is 0.282. The number of fused-ring (bicyclic) bond motifs is 10. The molecule has 0 aliphatic carbocycles. The van der Waals surface area contributed by atoms with Gasteiger partial charge in [-0.05, 0) is 45.6 Å². The van der Waals surface area contributed by atoms with Crippen LogP contribution in [0.3, 0.4) is 0 Å². The lowest BCUT2D eigenvalue weighted by Crippen LogP contribution is -2.49. The van der Waals surface area contributed by atoms with Crippen LogP contribution in [-0.2, 0) is 7.05 Å². The standard InChI is InChI=1S/C31H22N2SSi/c1-32-21-12-8-11-19-25(21)26-22(32)16-15-20-27(26)33(28-17-9-4-6-13-23(17)34-30(20)28)29-18-10-5-7-14-24(18)35(2,3)31(19)29/h4-16H,1-3H3. The highest BCUT2D eigenvalue weighted by atomic mass is 32.1. The summed E-state index contributed by atoms with van der Waals surface area (Å²) in [4.78, 5) is 0. The normalized spacial score (nSPS) is 14.9. The van der Waals surface area contributed by atoms with Crippen LogP contribution in [-0.4, -0.2) is 17.0 Å². The van der Waals surface area contributed by atoms with Gasteiger partial charge in [-0.2, -0.15) is 0 Å². The maximum absolute atomic E-state index is 2.68. The van der Waals surface area contributed by atoms with Gasteiger partial charge < -0.3 is 8.97 Å². The van der Waals surface area contributed by atoms with E-state index in [1.165, 1.54) is 69.7 Å². The maximum atomic E-state index is 2.68. The third-order valence-electron chi connectivity index (χ3n) is 8.64. The van der Waals surface area contributed by atoms with E-state index in [9.17, 15) is 0 Å². The van der Waals surface area contributed by atoms with Crippen molar-refractivity contribution in [2.75, 3.05) is 0 Å². The number of aryl methyl sites for hydroxylation is 1. The summed E-state index contributed by atoms with van der Waals surface area (Å²) in [5.74, 6) is 0. The molecule has 0 amide bonds. The van der Waals surface area contributed by atoms with Crippen molar-refractivity contribution in [1.29, 1.82) is 0 Å². The van der Waals surface area contributed by atoms with Crippen LogP contribution in [0.5, 0.6) is 0 Å². The van der Waals surface area contributed by atoms with E-state index in [1.54, 1.807) is 10.4 Å². The Labute approximate surface area is 207 Å². The highest BCUT2D eigenvalue weighted by Gasteiger charge is 2.41. The Morgan fingerprint density at radius 2 is 1.46 bits per heavy atom. The lowest BCUT2D eigenvalue weighted by atomic mass is 10.1. The summed E-state index contributed by atoms with van der Waals surface area (Å²) >= 11 is 1.95. The molecule has 0 N–H and O–H groups in total. The quantitative estimate of drug-likeness (QED) is 0.200. The monoisotopic (exact) mass is 482 g/mol. The first kappa shape index (κ1) is 18.7. The van der Waals surface area contributed by atoms with Crippen LogP contribution < -0.4 is 10.4 Å². The molecule has 0 spiro atoms. The first-order valence-corrected chi connectivity index (χ1v) is 16.1. The number of hydrogen-bond acceptors (Lipinski definition) is 1. The minimum absolute atomic E-state index is 1.32. The van der Waals surface area contributed by atoms with Crippen molar-refractivity contribution in [2.24, 2.45) is 7.05 Å². The molecule has 8 aromatic rings. The van der Waals surface area contributed by atoms with Crippen molar-refractivity contribution in [1.82, 2.24) is 8.97 Å². The fourth-order valence-corrected chi connectivity index (χ4v) is 11.8. The van der Waals surface area contributed by atoms with E-state index < -0.39 is 8.07 Å². The van der Waals surface area contributed by atoms with Crippen LogP contribution in [0.2, 0.25) is 13.1 Å². The third kappa shape index (κ3) is 1.91. The third-order valence-corrected chi connectivity index (χ3v) is 13.4. The van der Waals surface area contributed by atoms with E-state index in [1.807, 2.05) is 11.3 Å². The highest BCUT2D eigenvalue weighted by Crippen LogP contribution is 2.48. The van der Waals surface area contributed by atoms with E-state index in [2.05, 4.69) is 108 Å². The summed E-state index contributed by atoms with van der Waals surface area (Å²) in [6.45, 7) is 5.10. The van der Waals surface area contributed by atoms with Crippen LogP contribution in [0.4, 0.5) is 0 Å². The Hall–Kier alpha value is -3.60. The summed E-state index contributed by atoms with van der Waals surface area (Å²) in [6.07, 6.45) is 0. The van der Waals surface area contributed by atoms with Crippen molar-refractivity contribution in [3.8, 4) is 11.3 Å². The van der Waals surface area contributed by atoms with Crippen molar-refractivity contribution >= 4 is 88.2 Å². The molecule has 1 aliphatic rings. The Bertz CT molecular complexity index is 2200. The van der Waals surface area contributed by atoms with Gasteiger partial charge in [0.25, 0.3) is 0 Å². The second kappa shape index (κ2) is 5.78. The molecule has 4 aromatic heterocycles. The SMILES string of the molecule is Cn1c2cccc3c4c(n5c6c7ccccc7sc6c6ccc1c(c32)c65)-c1ccccc1[Si]4(C)C. The molecule has 1 aliphatic heterocycles. The van der Waals surface area contributed by atoms with Gasteiger partial charge in [-0.1, -0.05) is 67.7 Å². The van der Waals surface area contributed by atoms with Gasteiger partial charge in [-0.3, -0.25) is 0 Å². The Balaban J connectivity index is 1.77. The Kier molecular flexibility index (Phi) is 3.09. The highest BCUT2D eigenvalue weighted by molar-refractivity contribution is 7.26. The predicted octanol–water partition coefficient (Wildman–Crippen LogP) is 7.35. The predicted molar refractivity (Wildman–Crippen MR) is 155 cm³/mol. The average Bonchev–Trinajstić information content (AvgIpc) is 3.52. The summed E-state index contributed by atoms with van der Waals surface area (Å²) < 4.78 is 7.86. The van der Waals surface area contributed by atoms with Gasteiger partial charge in [0.1, 0.15) is 8.07 Å². The summed E-state index contributed by atoms with van der Waals surface area (Å²) in [5.41, 5.74) is 8.28. The van der Waals surface area contributed by atoms with Gasteiger partial charge >= 0.3 is 0 Å². The van der Waals surface area contributed by atoms with Crippen LogP contribution in [0, 0.1) is 0 Å². The zero-order valence-electron chi connectivity index (χ0n) is 19.8. The fraction of sp³-hybridized carbons (Fsp3) is 0.0968. The molecule has 4 aromatic carbocycles. The first-order chi connectivity index (χ1) is 17.1. The van der Waals surface area contributed by atoms with Crippen molar-refractivity contribution in [2.45, 2.75) is 13.1 Å². The van der Waals surface area contributed by atoms with Gasteiger partial charge in [0.15, 0.2) is 0 Å². The number of aromatic nitrogens is 2. The largest absolute Gasteiger partial charge is 0.344 e. The van der Waals surface area contributed by atoms with Gasteiger partial charge in [-0.15, -0.1) is 11.3 Å². The van der Waals surface area contributed by atoms with Gasteiger partial charge in [-0.25, -0.2) is 0 Å².